The van der Waals surface area contributed by atoms with Crippen molar-refractivity contribution in [3.63, 3.8) is 0 Å². The van der Waals surface area contributed by atoms with Crippen molar-refractivity contribution in [3.8, 4) is 0 Å². The maximum Gasteiger partial charge on any atom is 0.183 e. The van der Waals surface area contributed by atoms with Crippen LogP contribution in [0.2, 0.25) is 19.6 Å². The van der Waals surface area contributed by atoms with Crippen LogP contribution in [0.1, 0.15) is 11.5 Å². The van der Waals surface area contributed by atoms with Crippen LogP contribution in [-0.4, -0.2) is 27.7 Å². The zero-order valence-electron chi connectivity index (χ0n) is 9.91. The molecule has 1 aromatic heterocycles. The van der Waals surface area contributed by atoms with E-state index in [-0.39, 0.29) is 0 Å². The molecule has 0 saturated carbocycles. The van der Waals surface area contributed by atoms with Crippen LogP contribution in [-0.2, 0) is 4.43 Å². The number of nitrogens with zero attached hydrogens (tertiary/aromatic N) is 1. The van der Waals surface area contributed by atoms with Gasteiger partial charge in [-0.25, -0.2) is 0 Å². The fourth-order valence-electron chi connectivity index (χ4n) is 1.08. The lowest BCUT2D eigenvalue weighted by atomic mass is 10.4. The SMILES string of the molecule is Cc1ccc(/C=N/CCO[Si](C)(C)C)o1. The van der Waals surface area contributed by atoms with E-state index >= 15 is 0 Å². The Labute approximate surface area is 92.3 Å². The Morgan fingerprint density at radius 2 is 2.13 bits per heavy atom. The number of hydrogen-bond donors (Lipinski definition) is 0. The summed E-state index contributed by atoms with van der Waals surface area (Å²) in [4.78, 5) is 4.24. The average Bonchev–Trinajstić information content (AvgIpc) is 2.49. The lowest BCUT2D eigenvalue weighted by Gasteiger charge is -2.15. The smallest absolute Gasteiger partial charge is 0.183 e. The molecular formula is C11H19NO2Si. The second-order valence-corrected chi connectivity index (χ2v) is 8.96. The van der Waals surface area contributed by atoms with Gasteiger partial charge in [-0.15, -0.1) is 0 Å². The van der Waals surface area contributed by atoms with Crippen LogP contribution in [0.5, 0.6) is 0 Å². The van der Waals surface area contributed by atoms with Gasteiger partial charge < -0.3 is 8.84 Å². The van der Waals surface area contributed by atoms with Crippen molar-refractivity contribution < 1.29 is 8.84 Å². The molecule has 0 amide bonds. The number of aryl methyl sites for hydroxylation is 1. The summed E-state index contributed by atoms with van der Waals surface area (Å²) >= 11 is 0. The standard InChI is InChI=1S/C11H19NO2Si/c1-10-5-6-11(14-10)9-12-7-8-13-15(2,3)4/h5-6,9H,7-8H2,1-4H3/b12-9+. The molecule has 0 aromatic carbocycles. The van der Waals surface area contributed by atoms with E-state index in [0.29, 0.717) is 13.2 Å². The van der Waals surface area contributed by atoms with E-state index in [1.54, 1.807) is 6.21 Å². The van der Waals surface area contributed by atoms with E-state index in [0.717, 1.165) is 11.5 Å². The van der Waals surface area contributed by atoms with Gasteiger partial charge in [0, 0.05) is 0 Å². The fraction of sp³-hybridized carbons (Fsp3) is 0.545. The molecule has 0 aliphatic heterocycles. The van der Waals surface area contributed by atoms with Gasteiger partial charge in [-0.3, -0.25) is 4.99 Å². The van der Waals surface area contributed by atoms with Crippen LogP contribution in [0.4, 0.5) is 0 Å². The maximum atomic E-state index is 5.67. The molecule has 0 saturated heterocycles. The van der Waals surface area contributed by atoms with Crippen LogP contribution >= 0.6 is 0 Å². The Morgan fingerprint density at radius 1 is 1.40 bits per heavy atom. The van der Waals surface area contributed by atoms with Gasteiger partial charge in [0.2, 0.25) is 0 Å². The summed E-state index contributed by atoms with van der Waals surface area (Å²) in [5, 5.41) is 0. The normalized spacial score (nSPS) is 12.5. The minimum Gasteiger partial charge on any atom is -0.460 e. The second-order valence-electron chi connectivity index (χ2n) is 4.44. The Bertz CT molecular complexity index is 326. The predicted octanol–water partition coefficient (Wildman–Crippen LogP) is 2.86. The van der Waals surface area contributed by atoms with Crippen LogP contribution < -0.4 is 0 Å². The first-order valence-corrected chi connectivity index (χ1v) is 8.58. The topological polar surface area (TPSA) is 34.7 Å². The molecule has 0 fully saturated rings. The minimum absolute atomic E-state index is 0.698. The third-order valence-corrected chi connectivity index (χ3v) is 2.81. The quantitative estimate of drug-likeness (QED) is 0.439. The zero-order chi connectivity index (χ0) is 11.3. The Balaban J connectivity index is 2.23. The van der Waals surface area contributed by atoms with Crippen molar-refractivity contribution >= 4 is 14.5 Å². The van der Waals surface area contributed by atoms with Gasteiger partial charge >= 0.3 is 0 Å². The summed E-state index contributed by atoms with van der Waals surface area (Å²) in [7, 11) is -1.38. The van der Waals surface area contributed by atoms with Crippen molar-refractivity contribution in [1.82, 2.24) is 0 Å². The molecule has 0 aliphatic carbocycles. The molecule has 1 heterocycles. The van der Waals surface area contributed by atoms with E-state index in [1.165, 1.54) is 0 Å². The minimum atomic E-state index is -1.38. The number of hydrogen-bond acceptors (Lipinski definition) is 3. The van der Waals surface area contributed by atoms with Gasteiger partial charge in [0.15, 0.2) is 8.32 Å². The molecule has 0 unspecified atom stereocenters. The van der Waals surface area contributed by atoms with Gasteiger partial charge in [0.1, 0.15) is 11.5 Å². The molecule has 0 aliphatic rings. The van der Waals surface area contributed by atoms with Gasteiger partial charge in [0.25, 0.3) is 0 Å². The molecule has 0 atom stereocenters. The van der Waals surface area contributed by atoms with Crippen LogP contribution in [0.15, 0.2) is 21.5 Å². The van der Waals surface area contributed by atoms with Crippen molar-refractivity contribution in [2.45, 2.75) is 26.6 Å². The van der Waals surface area contributed by atoms with Crippen LogP contribution in [0.3, 0.4) is 0 Å². The highest BCUT2D eigenvalue weighted by atomic mass is 28.4. The van der Waals surface area contributed by atoms with E-state index in [1.807, 2.05) is 19.1 Å². The average molecular weight is 225 g/mol. The molecule has 4 heteroatoms. The molecule has 3 nitrogen and oxygen atoms in total. The van der Waals surface area contributed by atoms with E-state index < -0.39 is 8.32 Å². The fourth-order valence-corrected chi connectivity index (χ4v) is 1.79. The first kappa shape index (κ1) is 12.2. The number of furan rings is 1. The Kier molecular flexibility index (Phi) is 4.29. The van der Waals surface area contributed by atoms with Crippen LogP contribution in [0.25, 0.3) is 0 Å². The third-order valence-electron chi connectivity index (χ3n) is 1.74. The highest BCUT2D eigenvalue weighted by Gasteiger charge is 2.12. The van der Waals surface area contributed by atoms with Gasteiger partial charge in [0.05, 0.1) is 19.4 Å². The molecule has 15 heavy (non-hydrogen) atoms. The Morgan fingerprint density at radius 3 is 2.67 bits per heavy atom. The lowest BCUT2D eigenvalue weighted by molar-refractivity contribution is 0.323. The summed E-state index contributed by atoms with van der Waals surface area (Å²) in [5.74, 6) is 1.72. The summed E-state index contributed by atoms with van der Waals surface area (Å²) in [6, 6.07) is 3.85. The highest BCUT2D eigenvalue weighted by molar-refractivity contribution is 6.69. The van der Waals surface area contributed by atoms with E-state index in [4.69, 9.17) is 8.84 Å². The predicted molar refractivity (Wildman–Crippen MR) is 65.2 cm³/mol. The Hall–Kier alpha value is -0.873. The zero-order valence-corrected chi connectivity index (χ0v) is 10.9. The lowest BCUT2D eigenvalue weighted by Crippen LogP contribution is -2.26. The van der Waals surface area contributed by atoms with Gasteiger partial charge in [-0.2, -0.15) is 0 Å². The van der Waals surface area contributed by atoms with E-state index in [9.17, 15) is 0 Å². The van der Waals surface area contributed by atoms with Crippen molar-refractivity contribution in [1.29, 1.82) is 0 Å². The monoisotopic (exact) mass is 225 g/mol. The van der Waals surface area contributed by atoms with Gasteiger partial charge in [-0.05, 0) is 38.7 Å². The molecule has 0 bridgehead atoms. The van der Waals surface area contributed by atoms with E-state index in [2.05, 4.69) is 24.6 Å². The maximum absolute atomic E-state index is 5.67. The molecule has 1 rings (SSSR count). The van der Waals surface area contributed by atoms with Crippen molar-refractivity contribution in [2.75, 3.05) is 13.2 Å². The molecule has 0 N–H and O–H groups in total. The molecular weight excluding hydrogens is 206 g/mol. The number of aliphatic imine (C=N–C) groups is 1. The van der Waals surface area contributed by atoms with Crippen LogP contribution in [0, 0.1) is 6.92 Å². The molecule has 84 valence electrons. The second kappa shape index (κ2) is 5.28. The number of rotatable bonds is 5. The third kappa shape index (κ3) is 5.54. The first-order valence-electron chi connectivity index (χ1n) is 5.17. The van der Waals surface area contributed by atoms with Crippen molar-refractivity contribution in [3.05, 3.63) is 23.7 Å². The first-order chi connectivity index (χ1) is 6.97. The summed E-state index contributed by atoms with van der Waals surface area (Å²) in [5.41, 5.74) is 0. The molecule has 0 spiro atoms. The largest absolute Gasteiger partial charge is 0.460 e. The summed E-state index contributed by atoms with van der Waals surface area (Å²) in [6.07, 6.45) is 1.75. The summed E-state index contributed by atoms with van der Waals surface area (Å²) < 4.78 is 11.0. The highest BCUT2D eigenvalue weighted by Crippen LogP contribution is 2.03. The molecule has 1 aromatic rings. The molecule has 0 radical (unpaired) electrons. The van der Waals surface area contributed by atoms with Crippen molar-refractivity contribution in [2.24, 2.45) is 4.99 Å². The van der Waals surface area contributed by atoms with Gasteiger partial charge in [-0.1, -0.05) is 0 Å². The summed E-state index contributed by atoms with van der Waals surface area (Å²) in [6.45, 7) is 9.84.